The second kappa shape index (κ2) is 5.13. The molecule has 0 atom stereocenters. The van der Waals surface area contributed by atoms with Crippen molar-refractivity contribution in [1.82, 2.24) is 4.31 Å². The highest BCUT2D eigenvalue weighted by Crippen LogP contribution is 2.40. The van der Waals surface area contributed by atoms with Crippen LogP contribution >= 0.6 is 11.3 Å². The minimum atomic E-state index is -3.61. The van der Waals surface area contributed by atoms with E-state index in [0.717, 1.165) is 19.3 Å². The zero-order valence-corrected chi connectivity index (χ0v) is 12.7. The number of nitrogens with zero attached hydrogens (tertiary/aromatic N) is 1. The van der Waals surface area contributed by atoms with E-state index in [9.17, 15) is 13.2 Å². The largest absolute Gasteiger partial charge is 0.463 e. The molecule has 20 heavy (non-hydrogen) atoms. The van der Waals surface area contributed by atoms with Crippen molar-refractivity contribution in [2.24, 2.45) is 0 Å². The van der Waals surface area contributed by atoms with Crippen molar-refractivity contribution < 1.29 is 17.9 Å². The second-order valence-electron chi connectivity index (χ2n) is 5.24. The predicted molar refractivity (Wildman–Crippen MR) is 75.0 cm³/mol. The van der Waals surface area contributed by atoms with E-state index >= 15 is 0 Å². The molecule has 0 N–H and O–H groups in total. The molecule has 1 spiro atoms. The molecule has 3 rings (SSSR count). The number of ether oxygens (including phenoxy) is 1. The van der Waals surface area contributed by atoms with Crippen LogP contribution in [-0.2, 0) is 19.6 Å². The molecule has 1 aromatic rings. The summed E-state index contributed by atoms with van der Waals surface area (Å²) in [7, 11) is -3.61. The van der Waals surface area contributed by atoms with Gasteiger partial charge in [0.2, 0.25) is 0 Å². The van der Waals surface area contributed by atoms with Gasteiger partial charge in [-0.15, -0.1) is 11.3 Å². The lowest BCUT2D eigenvalue weighted by molar-refractivity contribution is -0.165. The Bertz CT molecular complexity index is 588. The summed E-state index contributed by atoms with van der Waals surface area (Å²) < 4.78 is 32.5. The molecular weight excluding hydrogens is 298 g/mol. The molecule has 1 aliphatic heterocycles. The topological polar surface area (TPSA) is 63.7 Å². The third kappa shape index (κ3) is 2.08. The number of hydrogen-bond acceptors (Lipinski definition) is 5. The Hall–Kier alpha value is -0.920. The minimum Gasteiger partial charge on any atom is -0.463 e. The van der Waals surface area contributed by atoms with Gasteiger partial charge in [-0.05, 0) is 24.3 Å². The normalized spacial score (nSPS) is 23.7. The molecule has 1 saturated carbocycles. The highest BCUT2D eigenvalue weighted by molar-refractivity contribution is 7.91. The molecule has 0 bridgehead atoms. The zero-order chi connectivity index (χ0) is 14.2. The molecule has 110 valence electrons. The third-order valence-corrected chi connectivity index (χ3v) is 7.44. The van der Waals surface area contributed by atoms with Crippen LogP contribution in [0.5, 0.6) is 0 Å². The van der Waals surface area contributed by atoms with E-state index in [-0.39, 0.29) is 19.1 Å². The van der Waals surface area contributed by atoms with Gasteiger partial charge < -0.3 is 4.74 Å². The van der Waals surface area contributed by atoms with Crippen LogP contribution in [0.3, 0.4) is 0 Å². The van der Waals surface area contributed by atoms with Gasteiger partial charge in [-0.25, -0.2) is 8.42 Å². The van der Waals surface area contributed by atoms with Crippen molar-refractivity contribution in [2.75, 3.05) is 13.2 Å². The van der Waals surface area contributed by atoms with Crippen molar-refractivity contribution in [1.29, 1.82) is 0 Å². The molecule has 0 radical (unpaired) electrons. The Morgan fingerprint density at radius 1 is 1.25 bits per heavy atom. The SMILES string of the molecule is O=C1OCCN(S(=O)(=O)c2cccs2)C12CCCCC2. The van der Waals surface area contributed by atoms with Gasteiger partial charge in [-0.1, -0.05) is 25.3 Å². The van der Waals surface area contributed by atoms with Crippen LogP contribution in [0.1, 0.15) is 32.1 Å². The molecule has 1 aromatic heterocycles. The Labute approximate surface area is 122 Å². The van der Waals surface area contributed by atoms with E-state index in [4.69, 9.17) is 4.74 Å². The number of esters is 1. The van der Waals surface area contributed by atoms with Crippen molar-refractivity contribution in [3.8, 4) is 0 Å². The van der Waals surface area contributed by atoms with Crippen LogP contribution < -0.4 is 0 Å². The van der Waals surface area contributed by atoms with E-state index in [0.29, 0.717) is 17.1 Å². The molecule has 1 aliphatic carbocycles. The van der Waals surface area contributed by atoms with Crippen LogP contribution in [0.15, 0.2) is 21.7 Å². The van der Waals surface area contributed by atoms with Gasteiger partial charge in [0.15, 0.2) is 0 Å². The van der Waals surface area contributed by atoms with E-state index in [1.807, 2.05) is 0 Å². The second-order valence-corrected chi connectivity index (χ2v) is 8.27. The highest BCUT2D eigenvalue weighted by atomic mass is 32.2. The van der Waals surface area contributed by atoms with E-state index in [1.165, 1.54) is 15.6 Å². The van der Waals surface area contributed by atoms with Gasteiger partial charge in [0, 0.05) is 6.54 Å². The fourth-order valence-electron chi connectivity index (χ4n) is 3.13. The molecule has 5 nitrogen and oxygen atoms in total. The van der Waals surface area contributed by atoms with E-state index in [2.05, 4.69) is 0 Å². The maximum Gasteiger partial charge on any atom is 0.327 e. The summed E-state index contributed by atoms with van der Waals surface area (Å²) >= 11 is 1.19. The first kappa shape index (κ1) is 14.0. The lowest BCUT2D eigenvalue weighted by Crippen LogP contribution is -2.62. The average Bonchev–Trinajstić information content (AvgIpc) is 2.98. The number of hydrogen-bond donors (Lipinski definition) is 0. The Kier molecular flexibility index (Phi) is 3.60. The highest BCUT2D eigenvalue weighted by Gasteiger charge is 2.53. The van der Waals surface area contributed by atoms with Gasteiger partial charge in [0.1, 0.15) is 16.4 Å². The molecule has 2 fully saturated rings. The van der Waals surface area contributed by atoms with E-state index in [1.54, 1.807) is 17.5 Å². The first-order valence-electron chi connectivity index (χ1n) is 6.81. The zero-order valence-electron chi connectivity index (χ0n) is 11.1. The van der Waals surface area contributed by atoms with Crippen LogP contribution in [0.25, 0.3) is 0 Å². The van der Waals surface area contributed by atoms with Crippen LogP contribution in [-0.4, -0.2) is 37.4 Å². The Balaban J connectivity index is 2.03. The van der Waals surface area contributed by atoms with Crippen LogP contribution in [0, 0.1) is 0 Å². The lowest BCUT2D eigenvalue weighted by atomic mass is 9.81. The summed E-state index contributed by atoms with van der Waals surface area (Å²) in [5.41, 5.74) is -0.973. The van der Waals surface area contributed by atoms with Gasteiger partial charge in [0.25, 0.3) is 10.0 Å². The average molecular weight is 315 g/mol. The summed E-state index contributed by atoms with van der Waals surface area (Å²) in [6.45, 7) is 0.400. The van der Waals surface area contributed by atoms with Crippen LogP contribution in [0.4, 0.5) is 0 Å². The first-order chi connectivity index (χ1) is 9.57. The summed E-state index contributed by atoms with van der Waals surface area (Å²) in [6, 6.07) is 3.31. The predicted octanol–water partition coefficient (Wildman–Crippen LogP) is 2.00. The molecule has 0 unspecified atom stereocenters. The minimum absolute atomic E-state index is 0.144. The van der Waals surface area contributed by atoms with Gasteiger partial charge >= 0.3 is 5.97 Å². The first-order valence-corrected chi connectivity index (χ1v) is 9.13. The third-order valence-electron chi connectivity index (χ3n) is 4.11. The quantitative estimate of drug-likeness (QED) is 0.783. The van der Waals surface area contributed by atoms with Gasteiger partial charge in [-0.3, -0.25) is 4.79 Å². The van der Waals surface area contributed by atoms with Crippen molar-refractivity contribution in [3.05, 3.63) is 17.5 Å². The molecule has 2 heterocycles. The molecule has 7 heteroatoms. The molecule has 0 aromatic carbocycles. The fourth-order valence-corrected chi connectivity index (χ4v) is 6.00. The standard InChI is InChI=1S/C13H17NO4S2/c15-12-13(6-2-1-3-7-13)14(8-9-18-12)20(16,17)11-5-4-10-19-11/h4-5,10H,1-3,6-9H2. The molecule has 2 aliphatic rings. The van der Waals surface area contributed by atoms with Crippen molar-refractivity contribution in [3.63, 3.8) is 0 Å². The Morgan fingerprint density at radius 3 is 2.65 bits per heavy atom. The Morgan fingerprint density at radius 2 is 2.00 bits per heavy atom. The molecular formula is C13H17NO4S2. The van der Waals surface area contributed by atoms with Gasteiger partial charge in [0.05, 0.1) is 0 Å². The molecule has 1 saturated heterocycles. The maximum atomic E-state index is 12.8. The summed E-state index contributed by atoms with van der Waals surface area (Å²) in [5.74, 6) is -0.372. The summed E-state index contributed by atoms with van der Waals surface area (Å²) in [5, 5.41) is 1.74. The van der Waals surface area contributed by atoms with Crippen LogP contribution in [0.2, 0.25) is 0 Å². The summed E-state index contributed by atoms with van der Waals surface area (Å²) in [4.78, 5) is 12.3. The summed E-state index contributed by atoms with van der Waals surface area (Å²) in [6.07, 6.45) is 3.91. The fraction of sp³-hybridized carbons (Fsp3) is 0.615. The number of thiophene rings is 1. The number of morpholine rings is 1. The van der Waals surface area contributed by atoms with Crippen molar-refractivity contribution in [2.45, 2.75) is 41.9 Å². The lowest BCUT2D eigenvalue weighted by Gasteiger charge is -2.45. The smallest absolute Gasteiger partial charge is 0.327 e. The van der Waals surface area contributed by atoms with Gasteiger partial charge in [-0.2, -0.15) is 4.31 Å². The van der Waals surface area contributed by atoms with E-state index < -0.39 is 15.6 Å². The molecule has 0 amide bonds. The van der Waals surface area contributed by atoms with Crippen molar-refractivity contribution >= 4 is 27.3 Å². The maximum absolute atomic E-state index is 12.8. The number of rotatable bonds is 2. The number of sulfonamides is 1. The monoisotopic (exact) mass is 315 g/mol. The number of carbonyl (C=O) groups excluding carboxylic acids is 1. The number of cyclic esters (lactones) is 1. The number of carbonyl (C=O) groups is 1.